The van der Waals surface area contributed by atoms with Crippen molar-refractivity contribution in [2.45, 2.75) is 119 Å². The van der Waals surface area contributed by atoms with Crippen molar-refractivity contribution in [3.63, 3.8) is 0 Å². The van der Waals surface area contributed by atoms with E-state index in [1.165, 1.54) is 41.7 Å². The standard InChI is InChI=1S/C27H38O4Si.C23H26O4/c1-17-14-23-21-9-8-19-15-20(29)10-12-26(19,3)22(21)11-13-27(23,4)25(17)24(16-30-18(2)28)31-32(5,6)7;1-14(24)27-13-21(26)20-7-6-18-17-5-4-15-12-16(25)8-10-22(15,2)19(17)9-11-23(18,20)3/h10-12,15,17,21,23H,8-9,13-14,16H2,1-7H3;7-10,12,17-18H,4-6,11,13H2,1-3H3/b25-24-;/t17-,21?,23?,26+,27+;17?,18?,22-,23-/m10/s1. The molecule has 8 rings (SSSR count). The second-order valence-electron chi connectivity index (χ2n) is 20.3. The van der Waals surface area contributed by atoms with E-state index in [9.17, 15) is 24.0 Å². The minimum atomic E-state index is -1.87. The Labute approximate surface area is 352 Å². The average Bonchev–Trinajstić information content (AvgIpc) is 3.65. The fraction of sp³-hybridized carbons (Fsp3) is 0.580. The van der Waals surface area contributed by atoms with Gasteiger partial charge < -0.3 is 13.9 Å². The van der Waals surface area contributed by atoms with Crippen LogP contribution in [0.2, 0.25) is 19.6 Å². The Morgan fingerprint density at radius 2 is 1.24 bits per heavy atom. The summed E-state index contributed by atoms with van der Waals surface area (Å²) >= 11 is 0. The van der Waals surface area contributed by atoms with Gasteiger partial charge in [-0.05, 0) is 150 Å². The van der Waals surface area contributed by atoms with Gasteiger partial charge in [0.2, 0.25) is 8.32 Å². The third-order valence-corrected chi connectivity index (χ3v) is 16.3. The highest BCUT2D eigenvalue weighted by Crippen LogP contribution is 2.66. The van der Waals surface area contributed by atoms with Crippen LogP contribution in [0, 0.1) is 51.2 Å². The van der Waals surface area contributed by atoms with Gasteiger partial charge in [0.05, 0.1) is 0 Å². The Kier molecular flexibility index (Phi) is 11.2. The molecule has 0 bridgehead atoms. The van der Waals surface area contributed by atoms with Crippen LogP contribution in [-0.2, 0) is 37.9 Å². The van der Waals surface area contributed by atoms with Crippen molar-refractivity contribution < 1.29 is 37.9 Å². The lowest BCUT2D eigenvalue weighted by Crippen LogP contribution is -2.43. The molecule has 0 saturated heterocycles. The molecule has 0 heterocycles. The van der Waals surface area contributed by atoms with Crippen LogP contribution < -0.4 is 0 Å². The van der Waals surface area contributed by atoms with Crippen molar-refractivity contribution in [1.82, 2.24) is 0 Å². The molecule has 0 aliphatic heterocycles. The Balaban J connectivity index is 0.000000181. The zero-order valence-corrected chi connectivity index (χ0v) is 37.9. The number of hydrogen-bond acceptors (Lipinski definition) is 8. The summed E-state index contributed by atoms with van der Waals surface area (Å²) in [6.45, 7) is 20.8. The van der Waals surface area contributed by atoms with Crippen molar-refractivity contribution in [3.8, 4) is 0 Å². The second-order valence-corrected chi connectivity index (χ2v) is 24.7. The molecule has 0 aromatic carbocycles. The molecule has 0 spiro atoms. The van der Waals surface area contributed by atoms with Crippen LogP contribution >= 0.6 is 0 Å². The number of fused-ring (bicyclic) bond motifs is 10. The SMILES string of the molecule is CC(=O)OC/C(O[Si](C)(C)C)=C1\[C@H](C)CC2C3CCC4=CC(=O)C=C[C@]4(C)C3=CC[C@]12C.CC(=O)OCC(=O)C1=CCC2C3CCC4=CC(=O)C=C[C@]4(C)C3=CC[C@]12C. The van der Waals surface area contributed by atoms with Crippen LogP contribution in [0.25, 0.3) is 0 Å². The lowest BCUT2D eigenvalue weighted by atomic mass is 9.52. The van der Waals surface area contributed by atoms with Gasteiger partial charge in [0.25, 0.3) is 0 Å². The third-order valence-electron chi connectivity index (χ3n) is 15.4. The summed E-state index contributed by atoms with van der Waals surface area (Å²) in [5.41, 5.74) is 7.12. The average molecular weight is 821 g/mol. The van der Waals surface area contributed by atoms with Crippen molar-refractivity contribution in [1.29, 1.82) is 0 Å². The number of Topliss-reactive ketones (excluding diaryl/α,β-unsaturated/α-hetero) is 1. The summed E-state index contributed by atoms with van der Waals surface area (Å²) in [6.07, 6.45) is 26.0. The Bertz CT molecular complexity index is 2120. The Hall–Kier alpha value is -4.11. The van der Waals surface area contributed by atoms with Gasteiger partial charge in [0.15, 0.2) is 24.0 Å². The molecule has 9 atom stereocenters. The molecule has 0 amide bonds. The summed E-state index contributed by atoms with van der Waals surface area (Å²) in [5.74, 6) is 2.59. The third kappa shape index (κ3) is 7.63. The van der Waals surface area contributed by atoms with Gasteiger partial charge in [0.1, 0.15) is 12.4 Å². The summed E-state index contributed by atoms with van der Waals surface area (Å²) < 4.78 is 17.0. The molecule has 316 valence electrons. The first-order valence-electron chi connectivity index (χ1n) is 21.8. The number of hydrogen-bond donors (Lipinski definition) is 0. The topological polar surface area (TPSA) is 113 Å². The maximum atomic E-state index is 12.7. The van der Waals surface area contributed by atoms with Gasteiger partial charge in [-0.2, -0.15) is 0 Å². The van der Waals surface area contributed by atoms with Crippen LogP contribution in [0.5, 0.6) is 0 Å². The quantitative estimate of drug-likeness (QED) is 0.108. The predicted octanol–water partition coefficient (Wildman–Crippen LogP) is 10.0. The molecule has 0 aromatic rings. The lowest BCUT2D eigenvalue weighted by Gasteiger charge is -2.51. The van der Waals surface area contributed by atoms with E-state index in [1.54, 1.807) is 12.2 Å². The predicted molar refractivity (Wildman–Crippen MR) is 231 cm³/mol. The minimum Gasteiger partial charge on any atom is -0.545 e. The molecule has 8 aliphatic rings. The molecule has 8 nitrogen and oxygen atoms in total. The van der Waals surface area contributed by atoms with Gasteiger partial charge in [-0.15, -0.1) is 0 Å². The van der Waals surface area contributed by atoms with E-state index in [1.807, 2.05) is 12.2 Å². The molecule has 0 radical (unpaired) electrons. The zero-order valence-electron chi connectivity index (χ0n) is 36.9. The maximum absolute atomic E-state index is 12.7. The smallest absolute Gasteiger partial charge is 0.303 e. The number of esters is 2. The fourth-order valence-electron chi connectivity index (χ4n) is 12.8. The molecule has 9 heteroatoms. The van der Waals surface area contributed by atoms with E-state index in [0.717, 1.165) is 62.7 Å². The molecular formula is C50H64O8Si. The van der Waals surface area contributed by atoms with Gasteiger partial charge in [0, 0.05) is 35.7 Å². The second kappa shape index (κ2) is 15.4. The Morgan fingerprint density at radius 1 is 0.729 bits per heavy atom. The largest absolute Gasteiger partial charge is 0.545 e. The molecule has 4 unspecified atom stereocenters. The first kappa shape index (κ1) is 43.0. The fourth-order valence-corrected chi connectivity index (χ4v) is 13.7. The van der Waals surface area contributed by atoms with Gasteiger partial charge >= 0.3 is 11.9 Å². The van der Waals surface area contributed by atoms with Gasteiger partial charge in [-0.1, -0.05) is 73.4 Å². The van der Waals surface area contributed by atoms with E-state index in [-0.39, 0.29) is 58.2 Å². The van der Waals surface area contributed by atoms with E-state index in [2.05, 4.69) is 84.6 Å². The number of ketones is 3. The van der Waals surface area contributed by atoms with Gasteiger partial charge in [-0.25, -0.2) is 0 Å². The van der Waals surface area contributed by atoms with E-state index in [4.69, 9.17) is 13.9 Å². The van der Waals surface area contributed by atoms with Crippen LogP contribution in [0.1, 0.15) is 99.8 Å². The molecule has 0 N–H and O–H groups in total. The van der Waals surface area contributed by atoms with Crippen LogP contribution in [0.3, 0.4) is 0 Å². The maximum Gasteiger partial charge on any atom is 0.303 e. The molecular weight excluding hydrogens is 757 g/mol. The van der Waals surface area contributed by atoms with Crippen molar-refractivity contribution in [3.05, 3.63) is 93.9 Å². The summed E-state index contributed by atoms with van der Waals surface area (Å²) in [7, 11) is -1.87. The number of allylic oxidation sites excluding steroid dienone is 14. The Morgan fingerprint density at radius 3 is 1.76 bits per heavy atom. The molecule has 59 heavy (non-hydrogen) atoms. The van der Waals surface area contributed by atoms with Crippen LogP contribution in [-0.4, -0.2) is 50.8 Å². The lowest BCUT2D eigenvalue weighted by molar-refractivity contribution is -0.145. The highest BCUT2D eigenvalue weighted by atomic mass is 28.4. The summed E-state index contributed by atoms with van der Waals surface area (Å²) in [6, 6.07) is 0. The normalized spacial score (nSPS) is 37.2. The first-order valence-corrected chi connectivity index (χ1v) is 25.2. The first-order chi connectivity index (χ1) is 27.6. The zero-order chi connectivity index (χ0) is 42.9. The van der Waals surface area contributed by atoms with Crippen LogP contribution in [0.4, 0.5) is 0 Å². The number of carbonyl (C=O) groups excluding carboxylic acids is 5. The number of carbonyl (C=O) groups is 5. The molecule has 0 aromatic heterocycles. The monoisotopic (exact) mass is 820 g/mol. The van der Waals surface area contributed by atoms with E-state index < -0.39 is 14.3 Å². The van der Waals surface area contributed by atoms with Crippen LogP contribution in [0.15, 0.2) is 93.9 Å². The molecule has 3 fully saturated rings. The van der Waals surface area contributed by atoms with Crippen molar-refractivity contribution in [2.75, 3.05) is 13.2 Å². The van der Waals surface area contributed by atoms with Gasteiger partial charge in [-0.3, -0.25) is 24.0 Å². The van der Waals surface area contributed by atoms with Crippen molar-refractivity contribution in [2.24, 2.45) is 51.2 Å². The van der Waals surface area contributed by atoms with E-state index >= 15 is 0 Å². The summed E-state index contributed by atoms with van der Waals surface area (Å²) in [5, 5.41) is 0. The van der Waals surface area contributed by atoms with Crippen molar-refractivity contribution >= 4 is 37.6 Å². The number of ether oxygens (including phenoxy) is 2. The molecule has 8 aliphatic carbocycles. The highest BCUT2D eigenvalue weighted by molar-refractivity contribution is 6.70. The van der Waals surface area contributed by atoms with E-state index in [0.29, 0.717) is 29.6 Å². The number of rotatable bonds is 7. The highest BCUT2D eigenvalue weighted by Gasteiger charge is 2.57. The minimum absolute atomic E-state index is 0.00843. The molecule has 3 saturated carbocycles. The summed E-state index contributed by atoms with van der Waals surface area (Å²) in [4.78, 5) is 59.2.